The maximum absolute atomic E-state index is 10.6. The zero-order valence-corrected chi connectivity index (χ0v) is 10.5. The van der Waals surface area contributed by atoms with E-state index in [1.54, 1.807) is 49.6 Å². The molecule has 0 spiro atoms. The Morgan fingerprint density at radius 3 is 2.42 bits per heavy atom. The summed E-state index contributed by atoms with van der Waals surface area (Å²) in [5, 5.41) is 9.07. The van der Waals surface area contributed by atoms with E-state index < -0.39 is 0 Å². The number of hydrogen-bond acceptors (Lipinski definition) is 4. The van der Waals surface area contributed by atoms with E-state index in [0.717, 1.165) is 11.8 Å². The summed E-state index contributed by atoms with van der Waals surface area (Å²) in [6, 6.07) is 12.0. The molecule has 2 aromatic carbocycles. The molecule has 0 radical (unpaired) electrons. The second-order valence-electron chi connectivity index (χ2n) is 3.93. The van der Waals surface area contributed by atoms with Gasteiger partial charge < -0.3 is 14.6 Å². The summed E-state index contributed by atoms with van der Waals surface area (Å²) in [5.74, 6) is 1.71. The minimum Gasteiger partial charge on any atom is -0.493 e. The van der Waals surface area contributed by atoms with E-state index in [0.29, 0.717) is 22.8 Å². The second kappa shape index (κ2) is 6.02. The van der Waals surface area contributed by atoms with Crippen molar-refractivity contribution in [1.82, 2.24) is 0 Å². The Labute approximate surface area is 111 Å². The topological polar surface area (TPSA) is 55.8 Å². The Morgan fingerprint density at radius 2 is 1.84 bits per heavy atom. The van der Waals surface area contributed by atoms with Crippen LogP contribution in [0.2, 0.25) is 0 Å². The molecule has 19 heavy (non-hydrogen) atoms. The first-order valence-corrected chi connectivity index (χ1v) is 5.77. The molecular formula is C15H14O4. The number of carbonyl (C=O) groups is 1. The average Bonchev–Trinajstić information content (AvgIpc) is 2.48. The first-order valence-electron chi connectivity index (χ1n) is 5.77. The van der Waals surface area contributed by atoms with Crippen LogP contribution in [0, 0.1) is 0 Å². The van der Waals surface area contributed by atoms with Gasteiger partial charge in [-0.15, -0.1) is 0 Å². The van der Waals surface area contributed by atoms with Gasteiger partial charge in [0.2, 0.25) is 0 Å². The first kappa shape index (κ1) is 13.1. The zero-order valence-electron chi connectivity index (χ0n) is 10.5. The number of aliphatic hydroxyl groups is 1. The predicted octanol–water partition coefficient (Wildman–Crippen LogP) is 2.79. The molecule has 0 bridgehead atoms. The third-order valence-corrected chi connectivity index (χ3v) is 2.65. The van der Waals surface area contributed by atoms with Crippen molar-refractivity contribution >= 4 is 6.29 Å². The van der Waals surface area contributed by atoms with Gasteiger partial charge in [0.25, 0.3) is 0 Å². The number of benzene rings is 2. The lowest BCUT2D eigenvalue weighted by Crippen LogP contribution is -1.93. The van der Waals surface area contributed by atoms with Gasteiger partial charge in [0, 0.05) is 5.56 Å². The molecule has 0 heterocycles. The second-order valence-corrected chi connectivity index (χ2v) is 3.93. The molecule has 0 atom stereocenters. The molecule has 0 unspecified atom stereocenters. The number of carbonyl (C=O) groups excluding carboxylic acids is 1. The van der Waals surface area contributed by atoms with Crippen molar-refractivity contribution in [3.05, 3.63) is 53.6 Å². The molecule has 0 aliphatic heterocycles. The molecular weight excluding hydrogens is 244 g/mol. The van der Waals surface area contributed by atoms with Gasteiger partial charge in [0.1, 0.15) is 12.0 Å². The fourth-order valence-electron chi connectivity index (χ4n) is 1.64. The molecule has 0 aliphatic carbocycles. The summed E-state index contributed by atoms with van der Waals surface area (Å²) in [6.07, 6.45) is 0.778. The highest BCUT2D eigenvalue weighted by atomic mass is 16.5. The van der Waals surface area contributed by atoms with Crippen LogP contribution in [0.5, 0.6) is 17.2 Å². The molecule has 0 saturated heterocycles. The van der Waals surface area contributed by atoms with E-state index in [-0.39, 0.29) is 6.61 Å². The molecule has 4 heteroatoms. The van der Waals surface area contributed by atoms with Crippen molar-refractivity contribution in [2.75, 3.05) is 7.11 Å². The van der Waals surface area contributed by atoms with Crippen LogP contribution in [0.1, 0.15) is 15.9 Å². The van der Waals surface area contributed by atoms with E-state index in [1.807, 2.05) is 0 Å². The number of aliphatic hydroxyl groups excluding tert-OH is 1. The van der Waals surface area contributed by atoms with Crippen LogP contribution >= 0.6 is 0 Å². The van der Waals surface area contributed by atoms with Crippen LogP contribution < -0.4 is 9.47 Å². The fourth-order valence-corrected chi connectivity index (χ4v) is 1.64. The van der Waals surface area contributed by atoms with Crippen molar-refractivity contribution in [3.8, 4) is 17.2 Å². The van der Waals surface area contributed by atoms with Crippen molar-refractivity contribution in [2.24, 2.45) is 0 Å². The molecule has 2 rings (SSSR count). The van der Waals surface area contributed by atoms with Gasteiger partial charge in [-0.05, 0) is 42.0 Å². The Hall–Kier alpha value is -2.33. The average molecular weight is 258 g/mol. The van der Waals surface area contributed by atoms with E-state index in [9.17, 15) is 4.79 Å². The van der Waals surface area contributed by atoms with E-state index >= 15 is 0 Å². The lowest BCUT2D eigenvalue weighted by Gasteiger charge is -2.11. The van der Waals surface area contributed by atoms with Gasteiger partial charge in [-0.25, -0.2) is 0 Å². The van der Waals surface area contributed by atoms with Crippen LogP contribution in [0.3, 0.4) is 0 Å². The highest BCUT2D eigenvalue weighted by Crippen LogP contribution is 2.32. The molecule has 0 fully saturated rings. The summed E-state index contributed by atoms with van der Waals surface area (Å²) < 4.78 is 10.9. The molecule has 0 amide bonds. The summed E-state index contributed by atoms with van der Waals surface area (Å²) >= 11 is 0. The normalized spacial score (nSPS) is 10.0. The minimum absolute atomic E-state index is 0.0509. The fraction of sp³-hybridized carbons (Fsp3) is 0.133. The van der Waals surface area contributed by atoms with Gasteiger partial charge in [-0.1, -0.05) is 6.07 Å². The quantitative estimate of drug-likeness (QED) is 0.838. The molecule has 4 nitrogen and oxygen atoms in total. The lowest BCUT2D eigenvalue weighted by molar-refractivity contribution is 0.112. The molecule has 98 valence electrons. The predicted molar refractivity (Wildman–Crippen MR) is 70.8 cm³/mol. The van der Waals surface area contributed by atoms with Crippen molar-refractivity contribution in [2.45, 2.75) is 6.61 Å². The standard InChI is InChI=1S/C15H14O4/c1-18-15-8-12(10-17)4-7-14(15)19-13-5-2-11(9-16)3-6-13/h2-9,17H,10H2,1H3. The third kappa shape index (κ3) is 3.11. The molecule has 0 saturated carbocycles. The van der Waals surface area contributed by atoms with Crippen molar-refractivity contribution < 1.29 is 19.4 Å². The van der Waals surface area contributed by atoms with Crippen molar-refractivity contribution in [3.63, 3.8) is 0 Å². The van der Waals surface area contributed by atoms with Crippen LogP contribution in [0.15, 0.2) is 42.5 Å². The van der Waals surface area contributed by atoms with E-state index in [2.05, 4.69) is 0 Å². The van der Waals surface area contributed by atoms with Gasteiger partial charge in [0.05, 0.1) is 13.7 Å². The van der Waals surface area contributed by atoms with Gasteiger partial charge in [-0.3, -0.25) is 4.79 Å². The molecule has 2 aromatic rings. The number of aldehydes is 1. The van der Waals surface area contributed by atoms with Crippen LogP contribution in [0.25, 0.3) is 0 Å². The SMILES string of the molecule is COc1cc(CO)ccc1Oc1ccc(C=O)cc1. The largest absolute Gasteiger partial charge is 0.493 e. The number of ether oxygens (including phenoxy) is 2. The third-order valence-electron chi connectivity index (χ3n) is 2.65. The maximum Gasteiger partial charge on any atom is 0.169 e. The number of hydrogen-bond donors (Lipinski definition) is 1. The Kier molecular flexibility index (Phi) is 4.15. The Balaban J connectivity index is 2.24. The highest BCUT2D eigenvalue weighted by Gasteiger charge is 2.06. The Morgan fingerprint density at radius 1 is 1.11 bits per heavy atom. The minimum atomic E-state index is -0.0509. The monoisotopic (exact) mass is 258 g/mol. The molecule has 1 N–H and O–H groups in total. The van der Waals surface area contributed by atoms with E-state index in [4.69, 9.17) is 14.6 Å². The maximum atomic E-state index is 10.6. The Bertz CT molecular complexity index is 561. The van der Waals surface area contributed by atoms with Crippen LogP contribution in [-0.4, -0.2) is 18.5 Å². The summed E-state index contributed by atoms with van der Waals surface area (Å²) in [5.41, 5.74) is 1.34. The van der Waals surface area contributed by atoms with E-state index in [1.165, 1.54) is 0 Å². The molecule has 0 aliphatic rings. The number of rotatable bonds is 5. The highest BCUT2D eigenvalue weighted by molar-refractivity contribution is 5.74. The van der Waals surface area contributed by atoms with Gasteiger partial charge in [-0.2, -0.15) is 0 Å². The zero-order chi connectivity index (χ0) is 13.7. The van der Waals surface area contributed by atoms with Gasteiger partial charge >= 0.3 is 0 Å². The van der Waals surface area contributed by atoms with Crippen LogP contribution in [0.4, 0.5) is 0 Å². The summed E-state index contributed by atoms with van der Waals surface area (Å²) in [4.78, 5) is 10.6. The first-order chi connectivity index (χ1) is 9.26. The summed E-state index contributed by atoms with van der Waals surface area (Å²) in [6.45, 7) is -0.0509. The van der Waals surface area contributed by atoms with Crippen LogP contribution in [-0.2, 0) is 6.61 Å². The number of methoxy groups -OCH3 is 1. The smallest absolute Gasteiger partial charge is 0.169 e. The lowest BCUT2D eigenvalue weighted by atomic mass is 10.2. The molecule has 0 aromatic heterocycles. The van der Waals surface area contributed by atoms with Gasteiger partial charge in [0.15, 0.2) is 11.5 Å². The van der Waals surface area contributed by atoms with Crippen molar-refractivity contribution in [1.29, 1.82) is 0 Å². The summed E-state index contributed by atoms with van der Waals surface area (Å²) in [7, 11) is 1.54.